The van der Waals surface area contributed by atoms with Crippen molar-refractivity contribution >= 4 is 6.16 Å². The van der Waals surface area contributed by atoms with Crippen LogP contribution in [0.3, 0.4) is 0 Å². The molecule has 1 rings (SSSR count). The zero-order valence-corrected chi connectivity index (χ0v) is 9.93. The summed E-state index contributed by atoms with van der Waals surface area (Å²) in [6.45, 7) is 6.43. The molecule has 0 heterocycles. The largest absolute Gasteiger partial charge is 0.505 e. The number of hydrogen-bond acceptors (Lipinski definition) is 2. The Morgan fingerprint density at radius 1 is 1.31 bits per heavy atom. The molecule has 0 aromatic heterocycles. The molecule has 3 nitrogen and oxygen atoms in total. The summed E-state index contributed by atoms with van der Waals surface area (Å²) >= 11 is 0. The summed E-state index contributed by atoms with van der Waals surface area (Å²) in [5.74, 6) is 0.0739. The van der Waals surface area contributed by atoms with Crippen LogP contribution in [0.4, 0.5) is 4.79 Å². The van der Waals surface area contributed by atoms with Gasteiger partial charge in [0, 0.05) is 5.92 Å². The van der Waals surface area contributed by atoms with Gasteiger partial charge < -0.3 is 9.84 Å². The van der Waals surface area contributed by atoms with Crippen molar-refractivity contribution < 1.29 is 14.6 Å². The van der Waals surface area contributed by atoms with Crippen molar-refractivity contribution in [1.82, 2.24) is 0 Å². The number of benzene rings is 1. The maximum Gasteiger partial charge on any atom is 0.505 e. The van der Waals surface area contributed by atoms with E-state index >= 15 is 0 Å². The Kier molecular flexibility index (Phi) is 3.93. The summed E-state index contributed by atoms with van der Waals surface area (Å²) in [7, 11) is 0. The molecule has 0 aliphatic carbocycles. The van der Waals surface area contributed by atoms with Crippen molar-refractivity contribution in [3.63, 3.8) is 0 Å². The second kappa shape index (κ2) is 5.01. The van der Waals surface area contributed by atoms with Crippen LogP contribution in [0.15, 0.2) is 30.3 Å². The van der Waals surface area contributed by atoms with Gasteiger partial charge >= 0.3 is 6.16 Å². The van der Waals surface area contributed by atoms with E-state index in [1.165, 1.54) is 0 Å². The predicted molar refractivity (Wildman–Crippen MR) is 62.6 cm³/mol. The lowest BCUT2D eigenvalue weighted by molar-refractivity contribution is 0.0723. The van der Waals surface area contributed by atoms with Crippen LogP contribution in [0.2, 0.25) is 0 Å². The van der Waals surface area contributed by atoms with Gasteiger partial charge in [-0.3, -0.25) is 0 Å². The maximum absolute atomic E-state index is 10.4. The molecule has 0 radical (unpaired) electrons. The minimum atomic E-state index is -1.22. The first-order valence-corrected chi connectivity index (χ1v) is 5.32. The Morgan fingerprint density at radius 3 is 2.31 bits per heavy atom. The summed E-state index contributed by atoms with van der Waals surface area (Å²) in [4.78, 5) is 10.4. The van der Waals surface area contributed by atoms with Crippen LogP contribution < -0.4 is 0 Å². The lowest BCUT2D eigenvalue weighted by atomic mass is 9.77. The zero-order chi connectivity index (χ0) is 12.2. The van der Waals surface area contributed by atoms with Crippen LogP contribution in [0, 0.1) is 5.41 Å². The average Bonchev–Trinajstić information content (AvgIpc) is 2.17. The van der Waals surface area contributed by atoms with Crippen molar-refractivity contribution in [2.45, 2.75) is 26.7 Å². The Bertz CT molecular complexity index is 338. The molecule has 0 saturated heterocycles. The van der Waals surface area contributed by atoms with Gasteiger partial charge in [0.25, 0.3) is 0 Å². The van der Waals surface area contributed by atoms with Crippen LogP contribution in [0.5, 0.6) is 0 Å². The fourth-order valence-corrected chi connectivity index (χ4v) is 1.69. The molecule has 0 saturated carbocycles. The van der Waals surface area contributed by atoms with Gasteiger partial charge in [0.15, 0.2) is 0 Å². The number of rotatable bonds is 3. The molecule has 1 N–H and O–H groups in total. The molecule has 0 aliphatic rings. The second-order valence-electron chi connectivity index (χ2n) is 4.91. The van der Waals surface area contributed by atoms with Crippen molar-refractivity contribution in [2.75, 3.05) is 6.61 Å². The molecule has 1 unspecified atom stereocenters. The smallest absolute Gasteiger partial charge is 0.450 e. The van der Waals surface area contributed by atoms with Crippen LogP contribution in [-0.4, -0.2) is 17.9 Å². The first kappa shape index (κ1) is 12.6. The molecule has 0 spiro atoms. The van der Waals surface area contributed by atoms with E-state index in [1.54, 1.807) is 0 Å². The number of carboxylic acid groups (broad SMARTS) is 1. The van der Waals surface area contributed by atoms with Crippen LogP contribution in [0.1, 0.15) is 32.3 Å². The highest BCUT2D eigenvalue weighted by molar-refractivity contribution is 5.56. The van der Waals surface area contributed by atoms with Gasteiger partial charge in [-0.15, -0.1) is 0 Å². The molecule has 88 valence electrons. The molecule has 1 aromatic carbocycles. The lowest BCUT2D eigenvalue weighted by Gasteiger charge is -2.30. The summed E-state index contributed by atoms with van der Waals surface area (Å²) in [6.07, 6.45) is -1.22. The van der Waals surface area contributed by atoms with Crippen molar-refractivity contribution in [1.29, 1.82) is 0 Å². The summed E-state index contributed by atoms with van der Waals surface area (Å²) in [6, 6.07) is 9.85. The first-order chi connectivity index (χ1) is 7.41. The molecule has 0 aliphatic heterocycles. The van der Waals surface area contributed by atoms with E-state index in [2.05, 4.69) is 20.8 Å². The van der Waals surface area contributed by atoms with Gasteiger partial charge in [-0.05, 0) is 11.0 Å². The molecule has 1 aromatic rings. The van der Waals surface area contributed by atoms with Gasteiger partial charge in [0.2, 0.25) is 0 Å². The number of ether oxygens (including phenoxy) is 1. The Labute approximate surface area is 96.1 Å². The normalized spacial score (nSPS) is 13.2. The van der Waals surface area contributed by atoms with Crippen LogP contribution in [0.25, 0.3) is 0 Å². The van der Waals surface area contributed by atoms with Crippen molar-refractivity contribution in [3.8, 4) is 0 Å². The van der Waals surface area contributed by atoms with Gasteiger partial charge in [0.1, 0.15) is 6.61 Å². The standard InChI is InChI=1S/C13H18O3/c1-13(2,3)11(9-16-12(14)15)10-7-5-4-6-8-10/h4-8,11H,9H2,1-3H3,(H,14,15). The molecule has 0 bridgehead atoms. The third-order valence-corrected chi connectivity index (χ3v) is 2.62. The monoisotopic (exact) mass is 222 g/mol. The second-order valence-corrected chi connectivity index (χ2v) is 4.91. The topological polar surface area (TPSA) is 46.5 Å². The summed E-state index contributed by atoms with van der Waals surface area (Å²) < 4.78 is 4.70. The van der Waals surface area contributed by atoms with Gasteiger partial charge in [0.05, 0.1) is 0 Å². The quantitative estimate of drug-likeness (QED) is 0.796. The van der Waals surface area contributed by atoms with Gasteiger partial charge in [-0.1, -0.05) is 51.1 Å². The molecule has 0 fully saturated rings. The molecule has 3 heteroatoms. The number of carbonyl (C=O) groups is 1. The van der Waals surface area contributed by atoms with Gasteiger partial charge in [-0.25, -0.2) is 4.79 Å². The highest BCUT2D eigenvalue weighted by atomic mass is 16.7. The van der Waals surface area contributed by atoms with E-state index in [0.29, 0.717) is 0 Å². The van der Waals surface area contributed by atoms with Crippen LogP contribution in [-0.2, 0) is 4.74 Å². The first-order valence-electron chi connectivity index (χ1n) is 5.32. The minimum Gasteiger partial charge on any atom is -0.450 e. The van der Waals surface area contributed by atoms with E-state index in [4.69, 9.17) is 9.84 Å². The highest BCUT2D eigenvalue weighted by Gasteiger charge is 2.27. The molecule has 1 atom stereocenters. The Balaban J connectivity index is 2.84. The van der Waals surface area contributed by atoms with E-state index in [1.807, 2.05) is 30.3 Å². The van der Waals surface area contributed by atoms with E-state index in [9.17, 15) is 4.79 Å². The molecular weight excluding hydrogens is 204 g/mol. The zero-order valence-electron chi connectivity index (χ0n) is 9.93. The SMILES string of the molecule is CC(C)(C)C(COC(=O)O)c1ccccc1. The lowest BCUT2D eigenvalue weighted by Crippen LogP contribution is -2.24. The highest BCUT2D eigenvalue weighted by Crippen LogP contribution is 2.35. The third-order valence-electron chi connectivity index (χ3n) is 2.62. The van der Waals surface area contributed by atoms with E-state index < -0.39 is 6.16 Å². The average molecular weight is 222 g/mol. The minimum absolute atomic E-state index is 0.0309. The third kappa shape index (κ3) is 3.57. The Morgan fingerprint density at radius 2 is 1.88 bits per heavy atom. The fraction of sp³-hybridized carbons (Fsp3) is 0.462. The Hall–Kier alpha value is -1.51. The predicted octanol–water partition coefficient (Wildman–Crippen LogP) is 3.51. The van der Waals surface area contributed by atoms with Crippen molar-refractivity contribution in [3.05, 3.63) is 35.9 Å². The molecule has 0 amide bonds. The van der Waals surface area contributed by atoms with E-state index in [-0.39, 0.29) is 17.9 Å². The summed E-state index contributed by atoms with van der Waals surface area (Å²) in [5, 5.41) is 8.55. The molecule has 16 heavy (non-hydrogen) atoms. The molecular formula is C13H18O3. The van der Waals surface area contributed by atoms with Crippen molar-refractivity contribution in [2.24, 2.45) is 5.41 Å². The van der Waals surface area contributed by atoms with Gasteiger partial charge in [-0.2, -0.15) is 0 Å². The number of hydrogen-bond donors (Lipinski definition) is 1. The summed E-state index contributed by atoms with van der Waals surface area (Å²) in [5.41, 5.74) is 1.08. The van der Waals surface area contributed by atoms with E-state index in [0.717, 1.165) is 5.56 Å². The maximum atomic E-state index is 10.4. The van der Waals surface area contributed by atoms with Crippen LogP contribution >= 0.6 is 0 Å². The fourth-order valence-electron chi connectivity index (χ4n) is 1.69.